The van der Waals surface area contributed by atoms with Crippen molar-refractivity contribution in [1.82, 2.24) is 9.97 Å². The van der Waals surface area contributed by atoms with Crippen LogP contribution in [-0.2, 0) is 11.3 Å². The SMILES string of the molecule is O=CN(c1ccc(Cl)cc1)c1cccnc1NCc1ccncc1. The van der Waals surface area contributed by atoms with Gasteiger partial charge in [-0.3, -0.25) is 14.7 Å². The molecule has 1 aromatic carbocycles. The highest BCUT2D eigenvalue weighted by Crippen LogP contribution is 2.30. The van der Waals surface area contributed by atoms with E-state index in [1.807, 2.05) is 18.2 Å². The van der Waals surface area contributed by atoms with Crippen LogP contribution in [0.1, 0.15) is 5.56 Å². The molecular formula is C18H15ClN4O. The molecule has 0 bridgehead atoms. The van der Waals surface area contributed by atoms with Crippen LogP contribution in [0.2, 0.25) is 5.02 Å². The van der Waals surface area contributed by atoms with E-state index in [0.29, 0.717) is 23.1 Å². The lowest BCUT2D eigenvalue weighted by atomic mass is 10.2. The third-order valence-corrected chi connectivity index (χ3v) is 3.72. The smallest absolute Gasteiger partial charge is 0.218 e. The molecule has 3 rings (SSSR count). The maximum Gasteiger partial charge on any atom is 0.218 e. The zero-order valence-electron chi connectivity index (χ0n) is 12.8. The van der Waals surface area contributed by atoms with Crippen LogP contribution in [0.3, 0.4) is 0 Å². The number of anilines is 3. The van der Waals surface area contributed by atoms with Gasteiger partial charge in [0.05, 0.1) is 5.69 Å². The first kappa shape index (κ1) is 16.0. The Kier molecular flexibility index (Phi) is 5.03. The number of aromatic nitrogens is 2. The van der Waals surface area contributed by atoms with Crippen LogP contribution >= 0.6 is 11.6 Å². The minimum absolute atomic E-state index is 0.583. The topological polar surface area (TPSA) is 58.1 Å². The fourth-order valence-electron chi connectivity index (χ4n) is 2.27. The number of hydrogen-bond acceptors (Lipinski definition) is 4. The van der Waals surface area contributed by atoms with Gasteiger partial charge in [-0.25, -0.2) is 4.98 Å². The van der Waals surface area contributed by atoms with Gasteiger partial charge < -0.3 is 5.32 Å². The average molecular weight is 339 g/mol. The monoisotopic (exact) mass is 338 g/mol. The van der Waals surface area contributed by atoms with Gasteiger partial charge in [0.15, 0.2) is 5.82 Å². The largest absolute Gasteiger partial charge is 0.364 e. The van der Waals surface area contributed by atoms with Crippen molar-refractivity contribution in [3.63, 3.8) is 0 Å². The number of carbonyl (C=O) groups excluding carboxylic acids is 1. The quantitative estimate of drug-likeness (QED) is 0.689. The average Bonchev–Trinajstić information content (AvgIpc) is 2.64. The van der Waals surface area contributed by atoms with Gasteiger partial charge in [-0.1, -0.05) is 11.6 Å². The molecule has 0 fully saturated rings. The number of carbonyl (C=O) groups is 1. The Morgan fingerprint density at radius 2 is 1.79 bits per heavy atom. The van der Waals surface area contributed by atoms with E-state index in [4.69, 9.17) is 11.6 Å². The lowest BCUT2D eigenvalue weighted by molar-refractivity contribution is -0.106. The van der Waals surface area contributed by atoms with Crippen molar-refractivity contribution >= 4 is 35.2 Å². The summed E-state index contributed by atoms with van der Waals surface area (Å²) in [6.45, 7) is 0.583. The molecule has 0 saturated heterocycles. The first-order chi connectivity index (χ1) is 11.8. The Bertz CT molecular complexity index is 809. The van der Waals surface area contributed by atoms with Gasteiger partial charge in [-0.15, -0.1) is 0 Å². The summed E-state index contributed by atoms with van der Waals surface area (Å²) in [5, 5.41) is 3.88. The summed E-state index contributed by atoms with van der Waals surface area (Å²) in [7, 11) is 0. The molecule has 0 aliphatic heterocycles. The third-order valence-electron chi connectivity index (χ3n) is 3.47. The number of halogens is 1. The van der Waals surface area contributed by atoms with Crippen molar-refractivity contribution in [1.29, 1.82) is 0 Å². The predicted molar refractivity (Wildman–Crippen MR) is 95.5 cm³/mol. The minimum Gasteiger partial charge on any atom is -0.364 e. The van der Waals surface area contributed by atoms with Gasteiger partial charge in [-0.2, -0.15) is 0 Å². The Labute approximate surface area is 144 Å². The van der Waals surface area contributed by atoms with Crippen molar-refractivity contribution in [2.24, 2.45) is 0 Å². The number of pyridine rings is 2. The zero-order valence-corrected chi connectivity index (χ0v) is 13.5. The third kappa shape index (κ3) is 3.70. The molecule has 2 aromatic heterocycles. The molecule has 0 aliphatic carbocycles. The Balaban J connectivity index is 1.87. The molecule has 1 amide bonds. The minimum atomic E-state index is 0.583. The molecule has 1 N–H and O–H groups in total. The van der Waals surface area contributed by atoms with Crippen LogP contribution in [0.15, 0.2) is 67.1 Å². The maximum absolute atomic E-state index is 11.6. The Morgan fingerprint density at radius 3 is 2.50 bits per heavy atom. The molecule has 3 aromatic rings. The fraction of sp³-hybridized carbons (Fsp3) is 0.0556. The van der Waals surface area contributed by atoms with E-state index in [-0.39, 0.29) is 0 Å². The molecule has 5 nitrogen and oxygen atoms in total. The second-order valence-electron chi connectivity index (χ2n) is 5.03. The van der Waals surface area contributed by atoms with Gasteiger partial charge in [0.1, 0.15) is 0 Å². The summed E-state index contributed by atoms with van der Waals surface area (Å²) in [4.78, 5) is 21.5. The predicted octanol–water partition coefficient (Wildman–Crippen LogP) is 4.04. The van der Waals surface area contributed by atoms with Gasteiger partial charge in [-0.05, 0) is 54.1 Å². The van der Waals surface area contributed by atoms with E-state index in [2.05, 4.69) is 15.3 Å². The summed E-state index contributed by atoms with van der Waals surface area (Å²) in [5.74, 6) is 0.622. The Hall–Kier alpha value is -2.92. The van der Waals surface area contributed by atoms with Crippen LogP contribution in [0.4, 0.5) is 17.2 Å². The maximum atomic E-state index is 11.6. The second-order valence-corrected chi connectivity index (χ2v) is 5.47. The van der Waals surface area contributed by atoms with Crippen LogP contribution in [0.25, 0.3) is 0 Å². The van der Waals surface area contributed by atoms with E-state index in [1.165, 1.54) is 4.90 Å². The fourth-order valence-corrected chi connectivity index (χ4v) is 2.40. The van der Waals surface area contributed by atoms with Gasteiger partial charge in [0, 0.05) is 35.8 Å². The van der Waals surface area contributed by atoms with Crippen LogP contribution in [-0.4, -0.2) is 16.4 Å². The van der Waals surface area contributed by atoms with Crippen molar-refractivity contribution in [2.45, 2.75) is 6.54 Å². The van der Waals surface area contributed by atoms with Crippen LogP contribution < -0.4 is 10.2 Å². The summed E-state index contributed by atoms with van der Waals surface area (Å²) in [6, 6.07) is 14.5. The van der Waals surface area contributed by atoms with E-state index >= 15 is 0 Å². The number of hydrogen-bond donors (Lipinski definition) is 1. The number of benzene rings is 1. The van der Waals surface area contributed by atoms with E-state index in [0.717, 1.165) is 17.7 Å². The summed E-state index contributed by atoms with van der Waals surface area (Å²) < 4.78 is 0. The highest BCUT2D eigenvalue weighted by Gasteiger charge is 2.13. The van der Waals surface area contributed by atoms with E-state index in [1.54, 1.807) is 48.9 Å². The van der Waals surface area contributed by atoms with Crippen molar-refractivity contribution < 1.29 is 4.79 Å². The molecular weight excluding hydrogens is 324 g/mol. The summed E-state index contributed by atoms with van der Waals surface area (Å²) in [5.41, 5.74) is 2.46. The van der Waals surface area contributed by atoms with E-state index in [9.17, 15) is 4.79 Å². The molecule has 0 aliphatic rings. The summed E-state index contributed by atoms with van der Waals surface area (Å²) >= 11 is 5.92. The molecule has 0 unspecified atom stereocenters. The molecule has 24 heavy (non-hydrogen) atoms. The lowest BCUT2D eigenvalue weighted by Crippen LogP contribution is -2.17. The first-order valence-electron chi connectivity index (χ1n) is 7.36. The van der Waals surface area contributed by atoms with Crippen LogP contribution in [0.5, 0.6) is 0 Å². The van der Waals surface area contributed by atoms with Crippen LogP contribution in [0, 0.1) is 0 Å². The molecule has 0 spiro atoms. The number of nitrogens with one attached hydrogen (secondary N) is 1. The Morgan fingerprint density at radius 1 is 1.04 bits per heavy atom. The number of amides is 1. The lowest BCUT2D eigenvalue weighted by Gasteiger charge is -2.20. The van der Waals surface area contributed by atoms with Crippen molar-refractivity contribution in [2.75, 3.05) is 10.2 Å². The van der Waals surface area contributed by atoms with Gasteiger partial charge in [0.25, 0.3) is 0 Å². The standard InChI is InChI=1S/C18H15ClN4O/c19-15-3-5-16(6-4-15)23(13-24)17-2-1-9-21-18(17)22-12-14-7-10-20-11-8-14/h1-11,13H,12H2,(H,21,22). The second kappa shape index (κ2) is 7.57. The van der Waals surface area contributed by atoms with Crippen molar-refractivity contribution in [3.05, 3.63) is 77.7 Å². The molecule has 6 heteroatoms. The van der Waals surface area contributed by atoms with E-state index < -0.39 is 0 Å². The molecule has 0 radical (unpaired) electrons. The number of rotatable bonds is 6. The first-order valence-corrected chi connectivity index (χ1v) is 7.73. The number of nitrogens with zero attached hydrogens (tertiary/aromatic N) is 3. The highest BCUT2D eigenvalue weighted by molar-refractivity contribution is 6.30. The normalized spacial score (nSPS) is 10.2. The molecule has 2 heterocycles. The highest BCUT2D eigenvalue weighted by atomic mass is 35.5. The van der Waals surface area contributed by atoms with Gasteiger partial charge in [0.2, 0.25) is 6.41 Å². The van der Waals surface area contributed by atoms with Gasteiger partial charge >= 0.3 is 0 Å². The molecule has 0 atom stereocenters. The van der Waals surface area contributed by atoms with Crippen molar-refractivity contribution in [3.8, 4) is 0 Å². The summed E-state index contributed by atoms with van der Waals surface area (Å²) in [6.07, 6.45) is 5.92. The molecule has 0 saturated carbocycles. The molecule has 120 valence electrons. The zero-order chi connectivity index (χ0) is 16.8.